The molecular formula is C23H31NO3S2. The predicted molar refractivity (Wildman–Crippen MR) is 125 cm³/mol. The number of thiophene rings is 1. The van der Waals surface area contributed by atoms with Crippen molar-refractivity contribution in [2.45, 2.75) is 52.0 Å². The number of amides is 1. The molecular weight excluding hydrogens is 402 g/mol. The van der Waals surface area contributed by atoms with Crippen LogP contribution >= 0.6 is 23.1 Å². The van der Waals surface area contributed by atoms with Crippen molar-refractivity contribution in [3.05, 3.63) is 42.0 Å². The van der Waals surface area contributed by atoms with Gasteiger partial charge in [0.05, 0.1) is 5.56 Å². The normalized spacial score (nSPS) is 15.1. The molecule has 3 rings (SSSR count). The molecule has 1 aliphatic rings. The number of aromatic carboxylic acids is 1. The van der Waals surface area contributed by atoms with Crippen LogP contribution in [-0.4, -0.2) is 35.5 Å². The first-order valence-electron chi connectivity index (χ1n) is 10.1. The summed E-state index contributed by atoms with van der Waals surface area (Å²) in [4.78, 5) is 25.4. The van der Waals surface area contributed by atoms with Crippen LogP contribution in [0.25, 0.3) is 10.4 Å². The molecule has 6 heteroatoms. The van der Waals surface area contributed by atoms with Crippen molar-refractivity contribution in [1.29, 1.82) is 0 Å². The summed E-state index contributed by atoms with van der Waals surface area (Å²) < 4.78 is 0. The number of nitrogens with zero attached hydrogens (tertiary/aromatic N) is 1. The largest absolute Gasteiger partial charge is 0.478 e. The number of carbonyl (C=O) groups excluding carboxylic acids is 1. The smallest absolute Gasteiger partial charge is 0.338 e. The molecule has 1 aliphatic carbocycles. The summed E-state index contributed by atoms with van der Waals surface area (Å²) in [7, 11) is 0. The number of carboxylic acids is 1. The molecule has 2 aromatic rings. The Balaban J connectivity index is 0.000000360. The summed E-state index contributed by atoms with van der Waals surface area (Å²) in [6.07, 6.45) is 10.1. The molecule has 0 saturated heterocycles. The van der Waals surface area contributed by atoms with Crippen LogP contribution < -0.4 is 4.90 Å². The van der Waals surface area contributed by atoms with Crippen molar-refractivity contribution in [2.75, 3.05) is 16.9 Å². The lowest BCUT2D eigenvalue weighted by molar-refractivity contribution is -0.107. The number of rotatable bonds is 7. The number of anilines is 1. The van der Waals surface area contributed by atoms with Crippen molar-refractivity contribution < 1.29 is 14.7 Å². The summed E-state index contributed by atoms with van der Waals surface area (Å²) in [5, 5.41) is 9.93. The standard InChI is InChI=1S/C16H17NO3S2.C7H14/c1-11(9-21-2)17(10-18)15-13(16(19)20)8-14(22-15)12-6-4-3-5-7-12;1-7-5-3-2-4-6-7/h3-8,10-11H,9H2,1-2H3,(H,19,20);7H,2-6H2,1H3. The minimum absolute atomic E-state index is 0.0622. The lowest BCUT2D eigenvalue weighted by atomic mass is 9.91. The third kappa shape index (κ3) is 6.89. The first kappa shape index (κ1) is 23.5. The third-order valence-corrected chi connectivity index (χ3v) is 7.14. The fourth-order valence-electron chi connectivity index (χ4n) is 3.45. The van der Waals surface area contributed by atoms with Crippen molar-refractivity contribution >= 4 is 40.5 Å². The van der Waals surface area contributed by atoms with E-state index >= 15 is 0 Å². The van der Waals surface area contributed by atoms with Gasteiger partial charge in [-0.15, -0.1) is 11.3 Å². The van der Waals surface area contributed by atoms with Crippen molar-refractivity contribution in [3.63, 3.8) is 0 Å². The molecule has 0 radical (unpaired) electrons. The molecule has 1 saturated carbocycles. The monoisotopic (exact) mass is 433 g/mol. The van der Waals surface area contributed by atoms with E-state index in [1.165, 1.54) is 48.3 Å². The molecule has 1 aromatic heterocycles. The molecule has 158 valence electrons. The molecule has 1 atom stereocenters. The van der Waals surface area contributed by atoms with E-state index in [9.17, 15) is 14.7 Å². The zero-order valence-corrected chi connectivity index (χ0v) is 19.1. The van der Waals surface area contributed by atoms with Gasteiger partial charge >= 0.3 is 5.97 Å². The van der Waals surface area contributed by atoms with Gasteiger partial charge in [0, 0.05) is 16.7 Å². The Bertz CT molecular complexity index is 770. The number of hydrogen-bond donors (Lipinski definition) is 1. The van der Waals surface area contributed by atoms with E-state index in [1.807, 2.05) is 43.5 Å². The SMILES string of the molecule is CC1CCCCC1.CSCC(C)N(C=O)c1sc(-c2ccccc2)cc1C(=O)O. The third-order valence-electron chi connectivity index (χ3n) is 5.13. The molecule has 1 N–H and O–H groups in total. The number of carbonyl (C=O) groups is 2. The first-order valence-corrected chi connectivity index (χ1v) is 12.3. The molecule has 29 heavy (non-hydrogen) atoms. The lowest BCUT2D eigenvalue weighted by Gasteiger charge is -2.23. The van der Waals surface area contributed by atoms with Crippen molar-refractivity contribution in [2.24, 2.45) is 5.92 Å². The van der Waals surface area contributed by atoms with Gasteiger partial charge in [0.1, 0.15) is 5.00 Å². The van der Waals surface area contributed by atoms with Crippen molar-refractivity contribution in [3.8, 4) is 10.4 Å². The number of carboxylic acid groups (broad SMARTS) is 1. The number of benzene rings is 1. The van der Waals surface area contributed by atoms with Gasteiger partial charge in [-0.1, -0.05) is 69.4 Å². The van der Waals surface area contributed by atoms with Crippen molar-refractivity contribution in [1.82, 2.24) is 0 Å². The van der Waals surface area contributed by atoms with Gasteiger partial charge < -0.3 is 10.0 Å². The highest BCUT2D eigenvalue weighted by Crippen LogP contribution is 2.38. The van der Waals surface area contributed by atoms with E-state index in [1.54, 1.807) is 17.8 Å². The Labute approximate surface area is 182 Å². The zero-order chi connectivity index (χ0) is 21.2. The van der Waals surface area contributed by atoms with E-state index in [0.29, 0.717) is 11.4 Å². The van der Waals surface area contributed by atoms with E-state index in [2.05, 4.69) is 6.92 Å². The van der Waals surface area contributed by atoms with E-state index in [4.69, 9.17) is 0 Å². The van der Waals surface area contributed by atoms with Gasteiger partial charge in [-0.25, -0.2) is 4.79 Å². The molecule has 0 aliphatic heterocycles. The van der Waals surface area contributed by atoms with Crippen LogP contribution in [0.15, 0.2) is 36.4 Å². The zero-order valence-electron chi connectivity index (χ0n) is 17.5. The quantitative estimate of drug-likeness (QED) is 0.512. The second-order valence-corrected chi connectivity index (χ2v) is 9.50. The van der Waals surface area contributed by atoms with Gasteiger partial charge in [0.25, 0.3) is 0 Å². The Morgan fingerprint density at radius 1 is 1.28 bits per heavy atom. The molecule has 1 fully saturated rings. The Morgan fingerprint density at radius 3 is 2.41 bits per heavy atom. The average Bonchev–Trinajstić information content (AvgIpc) is 3.16. The van der Waals surface area contributed by atoms with Crippen LogP contribution in [0.3, 0.4) is 0 Å². The highest BCUT2D eigenvalue weighted by atomic mass is 32.2. The summed E-state index contributed by atoms with van der Waals surface area (Å²) in [5.74, 6) is 0.765. The van der Waals surface area contributed by atoms with Crippen LogP contribution in [0.2, 0.25) is 0 Å². The molecule has 0 spiro atoms. The van der Waals surface area contributed by atoms with Crippen LogP contribution in [0.4, 0.5) is 5.00 Å². The highest BCUT2D eigenvalue weighted by molar-refractivity contribution is 7.98. The molecule has 1 amide bonds. The maximum absolute atomic E-state index is 11.5. The maximum atomic E-state index is 11.5. The average molecular weight is 434 g/mol. The van der Waals surface area contributed by atoms with Crippen LogP contribution in [0.5, 0.6) is 0 Å². The molecule has 1 heterocycles. The second-order valence-electron chi connectivity index (χ2n) is 7.56. The lowest BCUT2D eigenvalue weighted by Crippen LogP contribution is -2.33. The summed E-state index contributed by atoms with van der Waals surface area (Å²) >= 11 is 2.95. The van der Waals surface area contributed by atoms with E-state index in [-0.39, 0.29) is 11.6 Å². The molecule has 4 nitrogen and oxygen atoms in total. The molecule has 0 bridgehead atoms. The highest BCUT2D eigenvalue weighted by Gasteiger charge is 2.24. The van der Waals surface area contributed by atoms with E-state index < -0.39 is 5.97 Å². The van der Waals surface area contributed by atoms with Crippen LogP contribution in [0.1, 0.15) is 56.3 Å². The minimum atomic E-state index is -1.02. The summed E-state index contributed by atoms with van der Waals surface area (Å²) in [6, 6.07) is 11.2. The van der Waals surface area contributed by atoms with Gasteiger partial charge in [-0.2, -0.15) is 11.8 Å². The predicted octanol–water partition coefficient (Wildman–Crippen LogP) is 6.41. The molecule has 1 aromatic carbocycles. The van der Waals surface area contributed by atoms with Gasteiger partial charge in [0.2, 0.25) is 6.41 Å². The number of hydrogen-bond acceptors (Lipinski definition) is 4. The van der Waals surface area contributed by atoms with Crippen LogP contribution in [0, 0.1) is 5.92 Å². The fourth-order valence-corrected chi connectivity index (χ4v) is 5.32. The second kappa shape index (κ2) is 12.0. The van der Waals surface area contributed by atoms with Gasteiger partial charge in [0.15, 0.2) is 0 Å². The first-order chi connectivity index (χ1) is 14.0. The Kier molecular flexibility index (Phi) is 9.74. The minimum Gasteiger partial charge on any atom is -0.478 e. The Hall–Kier alpha value is -1.79. The van der Waals surface area contributed by atoms with E-state index in [0.717, 1.165) is 22.1 Å². The van der Waals surface area contributed by atoms with Gasteiger partial charge in [-0.3, -0.25) is 4.79 Å². The summed E-state index contributed by atoms with van der Waals surface area (Å²) in [5.41, 5.74) is 1.12. The Morgan fingerprint density at radius 2 is 1.93 bits per heavy atom. The topological polar surface area (TPSA) is 57.6 Å². The fraction of sp³-hybridized carbons (Fsp3) is 0.478. The summed E-state index contributed by atoms with van der Waals surface area (Å²) in [6.45, 7) is 4.28. The maximum Gasteiger partial charge on any atom is 0.338 e. The van der Waals surface area contributed by atoms with Gasteiger partial charge in [-0.05, 0) is 30.7 Å². The number of thioether (sulfide) groups is 1. The molecule has 1 unspecified atom stereocenters. The van der Waals surface area contributed by atoms with Crippen LogP contribution in [-0.2, 0) is 4.79 Å².